The lowest BCUT2D eigenvalue weighted by Crippen LogP contribution is -2.41. The van der Waals surface area contributed by atoms with Gasteiger partial charge in [-0.05, 0) is 79.8 Å². The average molecular weight is 453 g/mol. The van der Waals surface area contributed by atoms with Crippen LogP contribution in [0.25, 0.3) is 10.9 Å². The Labute approximate surface area is 193 Å². The van der Waals surface area contributed by atoms with Crippen molar-refractivity contribution in [1.82, 2.24) is 30.1 Å². The van der Waals surface area contributed by atoms with Crippen LogP contribution in [0, 0.1) is 5.92 Å². The lowest BCUT2D eigenvalue weighted by Gasteiger charge is -2.36. The van der Waals surface area contributed by atoms with Crippen LogP contribution in [0.3, 0.4) is 0 Å². The highest BCUT2D eigenvalue weighted by atomic mass is 16.5. The molecule has 1 N–H and O–H groups in total. The molecule has 9 heteroatoms. The summed E-state index contributed by atoms with van der Waals surface area (Å²) in [5, 5.41) is 13.7. The van der Waals surface area contributed by atoms with Crippen molar-refractivity contribution in [1.29, 1.82) is 0 Å². The standard InChI is InChI=1S/C24H32N6O3/c1-3-32-18-8-9-21-17(12-18)13-20(24(31)25-21)22(29-10-4-6-16(2)14-29)23-26-27-28-30(23)15-19-7-5-11-33-19/h8-9,12-13,16,19,22H,3-7,10-11,14-15H2,1-2H3,(H,25,31)/t16-,19+,22+/m0/s1. The molecule has 176 valence electrons. The minimum Gasteiger partial charge on any atom is -0.494 e. The monoisotopic (exact) mass is 452 g/mol. The molecule has 33 heavy (non-hydrogen) atoms. The number of piperidine rings is 1. The van der Waals surface area contributed by atoms with E-state index >= 15 is 0 Å². The van der Waals surface area contributed by atoms with Crippen LogP contribution in [0.4, 0.5) is 0 Å². The van der Waals surface area contributed by atoms with Crippen molar-refractivity contribution in [2.45, 2.75) is 58.2 Å². The molecule has 3 aromatic rings. The summed E-state index contributed by atoms with van der Waals surface area (Å²) < 4.78 is 13.4. The highest BCUT2D eigenvalue weighted by Crippen LogP contribution is 2.32. The highest BCUT2D eigenvalue weighted by molar-refractivity contribution is 5.80. The quantitative estimate of drug-likeness (QED) is 0.588. The van der Waals surface area contributed by atoms with Gasteiger partial charge in [-0.15, -0.1) is 5.10 Å². The molecule has 0 aliphatic carbocycles. The largest absolute Gasteiger partial charge is 0.494 e. The van der Waals surface area contributed by atoms with Crippen molar-refractivity contribution in [3.05, 3.63) is 46.0 Å². The second-order valence-electron chi connectivity index (χ2n) is 9.23. The van der Waals surface area contributed by atoms with Crippen molar-refractivity contribution >= 4 is 10.9 Å². The van der Waals surface area contributed by atoms with Gasteiger partial charge in [0.25, 0.3) is 5.56 Å². The average Bonchev–Trinajstić information content (AvgIpc) is 3.48. The summed E-state index contributed by atoms with van der Waals surface area (Å²) in [6.45, 7) is 7.99. The number of nitrogens with zero attached hydrogens (tertiary/aromatic N) is 5. The van der Waals surface area contributed by atoms with Crippen LogP contribution in [0.2, 0.25) is 0 Å². The highest BCUT2D eigenvalue weighted by Gasteiger charge is 2.33. The second-order valence-corrected chi connectivity index (χ2v) is 9.23. The van der Waals surface area contributed by atoms with Crippen LogP contribution in [-0.2, 0) is 11.3 Å². The number of ether oxygens (including phenoxy) is 2. The summed E-state index contributed by atoms with van der Waals surface area (Å²) in [7, 11) is 0. The fourth-order valence-electron chi connectivity index (χ4n) is 5.14. The zero-order chi connectivity index (χ0) is 22.8. The molecule has 2 aliphatic heterocycles. The van der Waals surface area contributed by atoms with E-state index in [0.29, 0.717) is 30.5 Å². The number of nitrogens with one attached hydrogen (secondary N) is 1. The van der Waals surface area contributed by atoms with Crippen molar-refractivity contribution in [2.24, 2.45) is 5.92 Å². The third kappa shape index (κ3) is 4.65. The van der Waals surface area contributed by atoms with Crippen LogP contribution < -0.4 is 10.3 Å². The van der Waals surface area contributed by atoms with Gasteiger partial charge >= 0.3 is 0 Å². The molecule has 4 heterocycles. The smallest absolute Gasteiger partial charge is 0.253 e. The molecule has 2 aromatic heterocycles. The minimum atomic E-state index is -0.326. The first kappa shape index (κ1) is 22.0. The number of benzene rings is 1. The lowest BCUT2D eigenvalue weighted by atomic mass is 9.95. The fourth-order valence-corrected chi connectivity index (χ4v) is 5.14. The SMILES string of the molecule is CCOc1ccc2[nH]c(=O)c([C@H](c3nnnn3C[C@H]3CCCO3)N3CCC[C@H](C)C3)cc2c1. The predicted molar refractivity (Wildman–Crippen MR) is 124 cm³/mol. The van der Waals surface area contributed by atoms with Crippen molar-refractivity contribution in [3.8, 4) is 5.75 Å². The maximum Gasteiger partial charge on any atom is 0.253 e. The van der Waals surface area contributed by atoms with Crippen molar-refractivity contribution in [3.63, 3.8) is 0 Å². The number of H-pyrrole nitrogens is 1. The van der Waals surface area contributed by atoms with E-state index < -0.39 is 0 Å². The number of rotatable bonds is 7. The van der Waals surface area contributed by atoms with E-state index in [-0.39, 0.29) is 17.7 Å². The van der Waals surface area contributed by atoms with Crippen LogP contribution in [-0.4, -0.2) is 62.5 Å². The van der Waals surface area contributed by atoms with E-state index in [2.05, 4.69) is 32.3 Å². The van der Waals surface area contributed by atoms with Crippen molar-refractivity contribution < 1.29 is 9.47 Å². The maximum absolute atomic E-state index is 13.3. The summed E-state index contributed by atoms with van der Waals surface area (Å²) in [6, 6.07) is 7.40. The van der Waals surface area contributed by atoms with E-state index in [1.165, 1.54) is 6.42 Å². The van der Waals surface area contributed by atoms with E-state index in [1.54, 1.807) is 0 Å². The third-order valence-electron chi connectivity index (χ3n) is 6.71. The number of aromatic nitrogens is 5. The molecule has 2 fully saturated rings. The molecule has 0 amide bonds. The topological polar surface area (TPSA) is 98.2 Å². The van der Waals surface area contributed by atoms with Gasteiger partial charge in [-0.3, -0.25) is 9.69 Å². The normalized spacial score (nSPS) is 22.6. The van der Waals surface area contributed by atoms with Crippen molar-refractivity contribution in [2.75, 3.05) is 26.3 Å². The number of likely N-dealkylation sites (tertiary alicyclic amines) is 1. The summed E-state index contributed by atoms with van der Waals surface area (Å²) in [5.74, 6) is 2.03. The molecule has 0 spiro atoms. The van der Waals surface area contributed by atoms with E-state index in [1.807, 2.05) is 35.9 Å². The Morgan fingerprint density at radius 3 is 2.97 bits per heavy atom. The molecule has 2 aliphatic rings. The van der Waals surface area contributed by atoms with Gasteiger partial charge in [0.2, 0.25) is 0 Å². The van der Waals surface area contributed by atoms with E-state index in [4.69, 9.17) is 9.47 Å². The minimum absolute atomic E-state index is 0.108. The summed E-state index contributed by atoms with van der Waals surface area (Å²) in [6.07, 6.45) is 4.45. The predicted octanol–water partition coefficient (Wildman–Crippen LogP) is 2.91. The number of hydrogen-bond donors (Lipinski definition) is 1. The maximum atomic E-state index is 13.3. The molecule has 9 nitrogen and oxygen atoms in total. The van der Waals surface area contributed by atoms with Gasteiger partial charge in [-0.1, -0.05) is 6.92 Å². The molecule has 0 saturated carbocycles. The zero-order valence-electron chi connectivity index (χ0n) is 19.4. The zero-order valence-corrected chi connectivity index (χ0v) is 19.4. The van der Waals surface area contributed by atoms with Crippen LogP contribution in [0.1, 0.15) is 57.0 Å². The van der Waals surface area contributed by atoms with Crippen LogP contribution >= 0.6 is 0 Å². The molecule has 5 rings (SSSR count). The second kappa shape index (κ2) is 9.61. The Bertz CT molecular complexity index is 1150. The van der Waals surface area contributed by atoms with Crippen LogP contribution in [0.15, 0.2) is 29.1 Å². The first-order chi connectivity index (χ1) is 16.1. The number of pyridine rings is 1. The Hall–Kier alpha value is -2.78. The summed E-state index contributed by atoms with van der Waals surface area (Å²) in [4.78, 5) is 18.8. The Morgan fingerprint density at radius 2 is 2.18 bits per heavy atom. The van der Waals surface area contributed by atoms with E-state index in [0.717, 1.165) is 55.6 Å². The third-order valence-corrected chi connectivity index (χ3v) is 6.71. The number of hydrogen-bond acceptors (Lipinski definition) is 7. The number of aromatic amines is 1. The fraction of sp³-hybridized carbons (Fsp3) is 0.583. The summed E-state index contributed by atoms with van der Waals surface area (Å²) >= 11 is 0. The molecule has 0 radical (unpaired) electrons. The van der Waals surface area contributed by atoms with Gasteiger partial charge in [-0.25, -0.2) is 4.68 Å². The molecule has 3 atom stereocenters. The van der Waals surface area contributed by atoms with E-state index in [9.17, 15) is 4.79 Å². The number of tetrazole rings is 1. The Kier molecular flexibility index (Phi) is 6.41. The molecular weight excluding hydrogens is 420 g/mol. The molecule has 0 unspecified atom stereocenters. The number of fused-ring (bicyclic) bond motifs is 1. The Morgan fingerprint density at radius 1 is 1.27 bits per heavy atom. The molecule has 1 aromatic carbocycles. The molecular formula is C24H32N6O3. The van der Waals surface area contributed by atoms with Gasteiger partial charge < -0.3 is 14.5 Å². The Balaban J connectivity index is 1.59. The van der Waals surface area contributed by atoms with Gasteiger partial charge in [-0.2, -0.15) is 0 Å². The molecule has 0 bridgehead atoms. The van der Waals surface area contributed by atoms with Gasteiger partial charge in [0.05, 0.1) is 19.3 Å². The molecule has 2 saturated heterocycles. The summed E-state index contributed by atoms with van der Waals surface area (Å²) in [5.41, 5.74) is 1.34. The van der Waals surface area contributed by atoms with Gasteiger partial charge in [0, 0.05) is 29.6 Å². The first-order valence-electron chi connectivity index (χ1n) is 12.0. The van der Waals surface area contributed by atoms with Crippen LogP contribution in [0.5, 0.6) is 5.75 Å². The van der Waals surface area contributed by atoms with Gasteiger partial charge in [0.15, 0.2) is 5.82 Å². The first-order valence-corrected chi connectivity index (χ1v) is 12.0. The van der Waals surface area contributed by atoms with Gasteiger partial charge in [0.1, 0.15) is 11.8 Å². The lowest BCUT2D eigenvalue weighted by molar-refractivity contribution is 0.0889.